The predicted molar refractivity (Wildman–Crippen MR) is 71.5 cm³/mol. The summed E-state index contributed by atoms with van der Waals surface area (Å²) in [7, 11) is -3.25. The van der Waals surface area contributed by atoms with Gasteiger partial charge in [0.25, 0.3) is 0 Å². The Morgan fingerprint density at radius 2 is 1.65 bits per heavy atom. The molecular formula is C11H19ClNO3P. The Bertz CT molecular complexity index is 351. The van der Waals surface area contributed by atoms with Crippen molar-refractivity contribution in [3.8, 4) is 0 Å². The molecule has 17 heavy (non-hydrogen) atoms. The zero-order valence-electron chi connectivity index (χ0n) is 10.0. The highest BCUT2D eigenvalue weighted by atomic mass is 35.5. The first kappa shape index (κ1) is 16.6. The number of halogens is 1. The van der Waals surface area contributed by atoms with Gasteiger partial charge in [0, 0.05) is 0 Å². The average Bonchev–Trinajstić information content (AvgIpc) is 2.30. The Labute approximate surface area is 108 Å². The van der Waals surface area contributed by atoms with Crippen LogP contribution in [0.1, 0.15) is 25.2 Å². The highest BCUT2D eigenvalue weighted by Crippen LogP contribution is 2.58. The van der Waals surface area contributed by atoms with Crippen LogP contribution in [0.3, 0.4) is 0 Å². The van der Waals surface area contributed by atoms with Gasteiger partial charge in [0.15, 0.2) is 0 Å². The van der Waals surface area contributed by atoms with E-state index in [2.05, 4.69) is 0 Å². The molecule has 98 valence electrons. The molecule has 0 aliphatic rings. The molecule has 0 aliphatic heterocycles. The van der Waals surface area contributed by atoms with Crippen LogP contribution in [0, 0.1) is 0 Å². The number of rotatable bonds is 6. The minimum absolute atomic E-state index is 0. The lowest BCUT2D eigenvalue weighted by Crippen LogP contribution is -2.14. The Morgan fingerprint density at radius 1 is 1.18 bits per heavy atom. The first-order valence-electron chi connectivity index (χ1n) is 5.33. The lowest BCUT2D eigenvalue weighted by atomic mass is 10.2. The highest BCUT2D eigenvalue weighted by Gasteiger charge is 2.33. The van der Waals surface area contributed by atoms with Gasteiger partial charge in [-0.2, -0.15) is 0 Å². The van der Waals surface area contributed by atoms with E-state index < -0.39 is 13.4 Å². The van der Waals surface area contributed by atoms with Gasteiger partial charge < -0.3 is 14.8 Å². The number of nitrogens with two attached hydrogens (primary N) is 1. The number of benzene rings is 1. The summed E-state index contributed by atoms with van der Waals surface area (Å²) < 4.78 is 22.7. The average molecular weight is 280 g/mol. The summed E-state index contributed by atoms with van der Waals surface area (Å²) in [5.74, 6) is -0.728. The smallest absolute Gasteiger partial charge is 0.314 e. The van der Waals surface area contributed by atoms with Crippen molar-refractivity contribution in [2.75, 3.05) is 13.2 Å². The molecule has 0 fully saturated rings. The summed E-state index contributed by atoms with van der Waals surface area (Å²) in [5.41, 5.74) is 6.69. The topological polar surface area (TPSA) is 61.5 Å². The van der Waals surface area contributed by atoms with E-state index >= 15 is 0 Å². The van der Waals surface area contributed by atoms with E-state index in [1.54, 1.807) is 13.8 Å². The summed E-state index contributed by atoms with van der Waals surface area (Å²) in [5, 5.41) is 0. The molecule has 0 spiro atoms. The molecular weight excluding hydrogens is 261 g/mol. The fourth-order valence-electron chi connectivity index (χ4n) is 1.39. The molecule has 2 N–H and O–H groups in total. The van der Waals surface area contributed by atoms with Crippen molar-refractivity contribution < 1.29 is 13.6 Å². The highest BCUT2D eigenvalue weighted by molar-refractivity contribution is 7.54. The summed E-state index contributed by atoms with van der Waals surface area (Å²) in [6.07, 6.45) is 0. The van der Waals surface area contributed by atoms with Gasteiger partial charge in [-0.15, -0.1) is 12.4 Å². The van der Waals surface area contributed by atoms with Gasteiger partial charge in [-0.25, -0.2) is 0 Å². The second kappa shape index (κ2) is 7.85. The van der Waals surface area contributed by atoms with E-state index in [0.717, 1.165) is 5.56 Å². The zero-order chi connectivity index (χ0) is 12.0. The lowest BCUT2D eigenvalue weighted by molar-refractivity contribution is 0.212. The molecule has 1 aromatic rings. The number of hydrogen-bond acceptors (Lipinski definition) is 4. The van der Waals surface area contributed by atoms with Crippen LogP contribution < -0.4 is 5.73 Å². The Morgan fingerprint density at radius 3 is 2.06 bits per heavy atom. The molecule has 0 saturated carbocycles. The van der Waals surface area contributed by atoms with Crippen LogP contribution in [0.4, 0.5) is 0 Å². The van der Waals surface area contributed by atoms with E-state index in [1.807, 2.05) is 30.3 Å². The van der Waals surface area contributed by atoms with Crippen LogP contribution in [0.2, 0.25) is 0 Å². The van der Waals surface area contributed by atoms with Crippen molar-refractivity contribution in [3.05, 3.63) is 35.9 Å². The maximum absolute atomic E-state index is 12.3. The zero-order valence-corrected chi connectivity index (χ0v) is 11.7. The first-order chi connectivity index (χ1) is 7.64. The summed E-state index contributed by atoms with van der Waals surface area (Å²) in [6.45, 7) is 4.17. The largest absolute Gasteiger partial charge is 0.351 e. The van der Waals surface area contributed by atoms with E-state index in [9.17, 15) is 4.57 Å². The molecule has 6 heteroatoms. The van der Waals surface area contributed by atoms with Crippen molar-refractivity contribution >= 4 is 20.0 Å². The van der Waals surface area contributed by atoms with Crippen LogP contribution >= 0.6 is 20.0 Å². The fraction of sp³-hybridized carbons (Fsp3) is 0.455. The predicted octanol–water partition coefficient (Wildman–Crippen LogP) is 3.33. The molecule has 0 heterocycles. The molecule has 1 aromatic carbocycles. The van der Waals surface area contributed by atoms with Gasteiger partial charge in [-0.3, -0.25) is 4.57 Å². The molecule has 1 rings (SSSR count). The van der Waals surface area contributed by atoms with Crippen molar-refractivity contribution in [1.82, 2.24) is 0 Å². The molecule has 0 aliphatic carbocycles. The molecule has 0 unspecified atom stereocenters. The molecule has 0 bridgehead atoms. The molecule has 0 amide bonds. The standard InChI is InChI=1S/C11H18NO3P.ClH/c1-3-14-16(13,15-4-2)11(12)10-8-6-5-7-9-10;/h5-9,11H,3-4,12H2,1-2H3;1H/t11-;/m1./s1. The van der Waals surface area contributed by atoms with Gasteiger partial charge >= 0.3 is 7.60 Å². The van der Waals surface area contributed by atoms with E-state index in [-0.39, 0.29) is 12.4 Å². The van der Waals surface area contributed by atoms with Crippen molar-refractivity contribution in [1.29, 1.82) is 0 Å². The summed E-state index contributed by atoms with van der Waals surface area (Å²) >= 11 is 0. The molecule has 1 atom stereocenters. The van der Waals surface area contributed by atoms with Crippen molar-refractivity contribution in [3.63, 3.8) is 0 Å². The fourth-order valence-corrected chi connectivity index (χ4v) is 3.04. The van der Waals surface area contributed by atoms with Crippen LogP contribution in [-0.4, -0.2) is 13.2 Å². The van der Waals surface area contributed by atoms with Gasteiger partial charge in [0.05, 0.1) is 13.2 Å². The van der Waals surface area contributed by atoms with Gasteiger partial charge in [0.2, 0.25) is 0 Å². The second-order valence-corrected chi connectivity index (χ2v) is 5.38. The lowest BCUT2D eigenvalue weighted by Gasteiger charge is -2.23. The summed E-state index contributed by atoms with van der Waals surface area (Å²) in [6, 6.07) is 9.20. The first-order valence-corrected chi connectivity index (χ1v) is 6.94. The van der Waals surface area contributed by atoms with Gasteiger partial charge in [-0.1, -0.05) is 30.3 Å². The van der Waals surface area contributed by atoms with Crippen LogP contribution in [0.15, 0.2) is 30.3 Å². The van der Waals surface area contributed by atoms with Crippen molar-refractivity contribution in [2.24, 2.45) is 5.73 Å². The monoisotopic (exact) mass is 279 g/mol. The van der Waals surface area contributed by atoms with Crippen LogP contribution in [0.5, 0.6) is 0 Å². The SMILES string of the molecule is CCOP(=O)(OCC)[C@@H](N)c1ccccc1.Cl. The Balaban J connectivity index is 0.00000256. The molecule has 4 nitrogen and oxygen atoms in total. The minimum Gasteiger partial charge on any atom is -0.314 e. The third-order valence-electron chi connectivity index (χ3n) is 2.10. The molecule has 0 saturated heterocycles. The summed E-state index contributed by atoms with van der Waals surface area (Å²) in [4.78, 5) is 0. The third-order valence-corrected chi connectivity index (χ3v) is 4.32. The quantitative estimate of drug-likeness (QED) is 0.811. The van der Waals surface area contributed by atoms with Gasteiger partial charge in [0.1, 0.15) is 5.78 Å². The maximum Gasteiger partial charge on any atom is 0.351 e. The van der Waals surface area contributed by atoms with E-state index in [0.29, 0.717) is 13.2 Å². The van der Waals surface area contributed by atoms with Crippen LogP contribution in [-0.2, 0) is 13.6 Å². The second-order valence-electron chi connectivity index (χ2n) is 3.23. The van der Waals surface area contributed by atoms with Crippen molar-refractivity contribution in [2.45, 2.75) is 19.6 Å². The van der Waals surface area contributed by atoms with Gasteiger partial charge in [-0.05, 0) is 19.4 Å². The Hall–Kier alpha value is -0.380. The maximum atomic E-state index is 12.3. The minimum atomic E-state index is -3.25. The Kier molecular flexibility index (Phi) is 7.68. The normalized spacial score (nSPS) is 12.9. The third kappa shape index (κ3) is 4.41. The van der Waals surface area contributed by atoms with E-state index in [4.69, 9.17) is 14.8 Å². The molecule has 0 aromatic heterocycles. The van der Waals surface area contributed by atoms with E-state index in [1.165, 1.54) is 0 Å². The molecule has 0 radical (unpaired) electrons. The number of hydrogen-bond donors (Lipinski definition) is 1. The van der Waals surface area contributed by atoms with Crippen LogP contribution in [0.25, 0.3) is 0 Å².